The van der Waals surface area contributed by atoms with Crippen molar-refractivity contribution in [1.82, 2.24) is 4.72 Å². The predicted molar refractivity (Wildman–Crippen MR) is 67.2 cm³/mol. The van der Waals surface area contributed by atoms with Gasteiger partial charge >= 0.3 is 0 Å². The molecule has 0 aliphatic rings. The van der Waals surface area contributed by atoms with E-state index in [0.29, 0.717) is 12.2 Å². The lowest BCUT2D eigenvalue weighted by atomic mass is 10.0. The third kappa shape index (κ3) is 3.81. The number of nitrogens with one attached hydrogen (secondary N) is 1. The van der Waals surface area contributed by atoms with Crippen LogP contribution in [-0.4, -0.2) is 26.2 Å². The summed E-state index contributed by atoms with van der Waals surface area (Å²) >= 11 is 0. The summed E-state index contributed by atoms with van der Waals surface area (Å²) in [6.07, 6.45) is 0.362. The molecule has 0 aromatic carbocycles. The van der Waals surface area contributed by atoms with Crippen LogP contribution in [0.3, 0.4) is 0 Å². The van der Waals surface area contributed by atoms with Crippen LogP contribution in [0.2, 0.25) is 0 Å². The van der Waals surface area contributed by atoms with Crippen LogP contribution in [0.4, 0.5) is 0 Å². The molecule has 4 N–H and O–H groups in total. The molecule has 0 saturated heterocycles. The molecule has 0 aliphatic heterocycles. The summed E-state index contributed by atoms with van der Waals surface area (Å²) in [4.78, 5) is 0. The summed E-state index contributed by atoms with van der Waals surface area (Å²) in [5, 5.41) is 8.77. The van der Waals surface area contributed by atoms with Crippen molar-refractivity contribution in [2.45, 2.75) is 37.9 Å². The maximum Gasteiger partial charge on any atom is 0.274 e. The first-order valence-corrected chi connectivity index (χ1v) is 7.31. The Balaban J connectivity index is 2.86. The Hall–Kier alpha value is -0.890. The Kier molecular flexibility index (Phi) is 5.33. The second-order valence-corrected chi connectivity index (χ2v) is 6.05. The highest BCUT2D eigenvalue weighted by Gasteiger charge is 2.24. The average Bonchev–Trinajstić information content (AvgIpc) is 2.77. The third-order valence-electron chi connectivity index (χ3n) is 2.65. The molecule has 1 unspecified atom stereocenters. The van der Waals surface area contributed by atoms with E-state index in [0.717, 1.165) is 0 Å². The van der Waals surface area contributed by atoms with Crippen LogP contribution in [0.1, 0.15) is 26.0 Å². The van der Waals surface area contributed by atoms with Crippen LogP contribution in [-0.2, 0) is 16.6 Å². The van der Waals surface area contributed by atoms with E-state index in [-0.39, 0.29) is 30.2 Å². The van der Waals surface area contributed by atoms with Gasteiger partial charge in [-0.2, -0.15) is 0 Å². The second-order valence-electron chi connectivity index (χ2n) is 4.41. The third-order valence-corrected chi connectivity index (χ3v) is 4.02. The summed E-state index contributed by atoms with van der Waals surface area (Å²) in [7, 11) is -3.70. The Bertz CT molecular complexity index is 467. The molecule has 0 spiro atoms. The minimum atomic E-state index is -3.70. The molecule has 1 heterocycles. The summed E-state index contributed by atoms with van der Waals surface area (Å²) in [6, 6.07) is 2.58. The van der Waals surface area contributed by atoms with Crippen LogP contribution in [0.25, 0.3) is 0 Å². The number of aliphatic hydroxyl groups excluding tert-OH is 1. The molecule has 0 aliphatic carbocycles. The van der Waals surface area contributed by atoms with Crippen LogP contribution < -0.4 is 10.5 Å². The molecule has 0 saturated carbocycles. The van der Waals surface area contributed by atoms with Gasteiger partial charge < -0.3 is 15.3 Å². The van der Waals surface area contributed by atoms with Crippen molar-refractivity contribution in [3.63, 3.8) is 0 Å². The number of hydrogen-bond donors (Lipinski definition) is 3. The van der Waals surface area contributed by atoms with E-state index in [2.05, 4.69) is 4.72 Å². The van der Waals surface area contributed by atoms with Gasteiger partial charge in [0.2, 0.25) is 5.09 Å². The monoisotopic (exact) mass is 276 g/mol. The molecule has 1 aromatic heterocycles. The number of nitrogens with two attached hydrogens (primary N) is 1. The minimum Gasteiger partial charge on any atom is -0.447 e. The average molecular weight is 276 g/mol. The molecule has 7 heteroatoms. The molecule has 0 fully saturated rings. The zero-order valence-electron chi connectivity index (χ0n) is 10.6. The van der Waals surface area contributed by atoms with Crippen molar-refractivity contribution in [2.24, 2.45) is 11.7 Å². The topological polar surface area (TPSA) is 106 Å². The van der Waals surface area contributed by atoms with Gasteiger partial charge in [-0.25, -0.2) is 13.1 Å². The highest BCUT2D eigenvalue weighted by molar-refractivity contribution is 7.89. The zero-order valence-corrected chi connectivity index (χ0v) is 11.4. The van der Waals surface area contributed by atoms with Crippen molar-refractivity contribution >= 4 is 10.0 Å². The van der Waals surface area contributed by atoms with Gasteiger partial charge in [0.15, 0.2) is 0 Å². The molecule has 1 aromatic rings. The van der Waals surface area contributed by atoms with Crippen molar-refractivity contribution in [1.29, 1.82) is 0 Å². The van der Waals surface area contributed by atoms with Gasteiger partial charge in [-0.1, -0.05) is 13.8 Å². The van der Waals surface area contributed by atoms with Crippen LogP contribution >= 0.6 is 0 Å². The van der Waals surface area contributed by atoms with Crippen LogP contribution in [0, 0.1) is 5.92 Å². The largest absolute Gasteiger partial charge is 0.447 e. The van der Waals surface area contributed by atoms with E-state index in [4.69, 9.17) is 15.3 Å². The normalized spacial score (nSPS) is 14.1. The number of rotatable bonds is 7. The standard InChI is InChI=1S/C11H20N2O4S/c1-8(2)10(5-6-14)13-18(15,16)11-4-3-9(7-12)17-11/h3-4,8,10,13-14H,5-7,12H2,1-2H3. The Morgan fingerprint density at radius 2 is 2.11 bits per heavy atom. The summed E-state index contributed by atoms with van der Waals surface area (Å²) in [6.45, 7) is 3.85. The molecule has 0 radical (unpaired) electrons. The number of sulfonamides is 1. The van der Waals surface area contributed by atoms with Gasteiger partial charge in [0, 0.05) is 12.6 Å². The Labute approximate surface area is 107 Å². The molecule has 1 rings (SSSR count). The molecule has 6 nitrogen and oxygen atoms in total. The van der Waals surface area contributed by atoms with E-state index in [1.165, 1.54) is 12.1 Å². The lowest BCUT2D eigenvalue weighted by Gasteiger charge is -2.20. The van der Waals surface area contributed by atoms with E-state index >= 15 is 0 Å². The van der Waals surface area contributed by atoms with Crippen molar-refractivity contribution in [2.75, 3.05) is 6.61 Å². The van der Waals surface area contributed by atoms with Gasteiger partial charge in [0.25, 0.3) is 10.0 Å². The van der Waals surface area contributed by atoms with Gasteiger partial charge in [-0.3, -0.25) is 0 Å². The van der Waals surface area contributed by atoms with Gasteiger partial charge in [0.05, 0.1) is 6.54 Å². The summed E-state index contributed by atoms with van der Waals surface area (Å²) in [5.41, 5.74) is 5.36. The van der Waals surface area contributed by atoms with Crippen LogP contribution in [0.15, 0.2) is 21.6 Å². The second kappa shape index (κ2) is 6.33. The van der Waals surface area contributed by atoms with E-state index < -0.39 is 10.0 Å². The van der Waals surface area contributed by atoms with Crippen molar-refractivity contribution in [3.8, 4) is 0 Å². The molecular weight excluding hydrogens is 256 g/mol. The minimum absolute atomic E-state index is 0.0719. The van der Waals surface area contributed by atoms with Crippen molar-refractivity contribution in [3.05, 3.63) is 17.9 Å². The van der Waals surface area contributed by atoms with Gasteiger partial charge in [-0.05, 0) is 24.5 Å². The zero-order chi connectivity index (χ0) is 13.8. The fraction of sp³-hybridized carbons (Fsp3) is 0.636. The number of hydrogen-bond acceptors (Lipinski definition) is 5. The highest BCUT2D eigenvalue weighted by Crippen LogP contribution is 2.16. The maximum absolute atomic E-state index is 12.0. The van der Waals surface area contributed by atoms with E-state index in [9.17, 15) is 8.42 Å². The highest BCUT2D eigenvalue weighted by atomic mass is 32.2. The van der Waals surface area contributed by atoms with Gasteiger partial charge in [0.1, 0.15) is 5.76 Å². The predicted octanol–water partition coefficient (Wildman–Crippen LogP) is 0.424. The summed E-state index contributed by atoms with van der Waals surface area (Å²) < 4.78 is 31.7. The van der Waals surface area contributed by atoms with E-state index in [1.807, 2.05) is 13.8 Å². The molecule has 104 valence electrons. The summed E-state index contributed by atoms with van der Waals surface area (Å²) in [5.74, 6) is 0.495. The molecule has 0 bridgehead atoms. The number of furan rings is 1. The maximum atomic E-state index is 12.0. The molecule has 18 heavy (non-hydrogen) atoms. The van der Waals surface area contributed by atoms with Crippen LogP contribution in [0.5, 0.6) is 0 Å². The first-order valence-electron chi connectivity index (χ1n) is 5.82. The smallest absolute Gasteiger partial charge is 0.274 e. The first kappa shape index (κ1) is 15.2. The van der Waals surface area contributed by atoms with E-state index in [1.54, 1.807) is 0 Å². The Morgan fingerprint density at radius 1 is 1.44 bits per heavy atom. The molecule has 1 atom stereocenters. The first-order chi connectivity index (χ1) is 8.40. The quantitative estimate of drug-likeness (QED) is 0.669. The lowest BCUT2D eigenvalue weighted by molar-refractivity contribution is 0.255. The molecular formula is C11H20N2O4S. The SMILES string of the molecule is CC(C)C(CCO)NS(=O)(=O)c1ccc(CN)o1. The fourth-order valence-electron chi connectivity index (χ4n) is 1.54. The molecule has 0 amide bonds. The number of aliphatic hydroxyl groups is 1. The van der Waals surface area contributed by atoms with Crippen molar-refractivity contribution < 1.29 is 17.9 Å². The lowest BCUT2D eigenvalue weighted by Crippen LogP contribution is -2.39. The fourth-order valence-corrected chi connectivity index (χ4v) is 2.91. The Morgan fingerprint density at radius 3 is 2.56 bits per heavy atom. The van der Waals surface area contributed by atoms with Gasteiger partial charge in [-0.15, -0.1) is 0 Å².